The fraction of sp³-hybridized carbons (Fsp3) is 0.222. The van der Waals surface area contributed by atoms with Gasteiger partial charge in [0.1, 0.15) is 5.75 Å². The summed E-state index contributed by atoms with van der Waals surface area (Å²) in [4.78, 5) is 0. The molecule has 2 aromatic rings. The van der Waals surface area contributed by atoms with Crippen molar-refractivity contribution in [2.75, 3.05) is 0 Å². The third-order valence-corrected chi connectivity index (χ3v) is 2.10. The number of hydrogen-bond acceptors (Lipinski definition) is 4. The standard InChI is InChI=1S/C9H9ClN4O/c1-6(9-11-13-14-12-9)15-8-4-2-7(10)3-5-8/h2-6H,1H3,(H,11,12,13,14)/t6-/m0/s1. The predicted molar refractivity (Wildman–Crippen MR) is 54.7 cm³/mol. The van der Waals surface area contributed by atoms with Crippen molar-refractivity contribution < 1.29 is 4.74 Å². The van der Waals surface area contributed by atoms with Crippen LogP contribution in [0.3, 0.4) is 0 Å². The summed E-state index contributed by atoms with van der Waals surface area (Å²) < 4.78 is 5.57. The number of hydrogen-bond donors (Lipinski definition) is 1. The first-order valence-electron chi connectivity index (χ1n) is 4.41. The molecule has 15 heavy (non-hydrogen) atoms. The lowest BCUT2D eigenvalue weighted by Crippen LogP contribution is -2.05. The summed E-state index contributed by atoms with van der Waals surface area (Å²) in [6.45, 7) is 1.85. The average Bonchev–Trinajstić information content (AvgIpc) is 2.74. The van der Waals surface area contributed by atoms with Gasteiger partial charge in [0.25, 0.3) is 0 Å². The summed E-state index contributed by atoms with van der Waals surface area (Å²) in [6.07, 6.45) is -0.245. The first-order valence-corrected chi connectivity index (χ1v) is 4.79. The van der Waals surface area contributed by atoms with Crippen LogP contribution in [0, 0.1) is 0 Å². The summed E-state index contributed by atoms with van der Waals surface area (Å²) in [6, 6.07) is 7.11. The zero-order valence-corrected chi connectivity index (χ0v) is 8.77. The minimum Gasteiger partial charge on any atom is -0.483 e. The number of H-pyrrole nitrogens is 1. The third-order valence-electron chi connectivity index (χ3n) is 1.85. The van der Waals surface area contributed by atoms with Crippen molar-refractivity contribution in [2.24, 2.45) is 0 Å². The van der Waals surface area contributed by atoms with Crippen LogP contribution in [0.4, 0.5) is 0 Å². The molecule has 1 heterocycles. The van der Waals surface area contributed by atoms with Gasteiger partial charge in [0.2, 0.25) is 5.82 Å². The summed E-state index contributed by atoms with van der Waals surface area (Å²) in [5.41, 5.74) is 0. The number of nitrogens with one attached hydrogen (secondary N) is 1. The highest BCUT2D eigenvalue weighted by Crippen LogP contribution is 2.20. The molecule has 0 unspecified atom stereocenters. The Kier molecular flexibility index (Phi) is 2.82. The molecule has 0 radical (unpaired) electrons. The topological polar surface area (TPSA) is 63.7 Å². The van der Waals surface area contributed by atoms with Gasteiger partial charge in [-0.15, -0.1) is 10.2 Å². The molecular weight excluding hydrogens is 216 g/mol. The van der Waals surface area contributed by atoms with Crippen LogP contribution in [-0.2, 0) is 0 Å². The molecule has 0 saturated carbocycles. The molecule has 6 heteroatoms. The molecule has 1 aromatic heterocycles. The quantitative estimate of drug-likeness (QED) is 0.866. The van der Waals surface area contributed by atoms with Crippen LogP contribution in [0.25, 0.3) is 0 Å². The molecule has 0 bridgehead atoms. The van der Waals surface area contributed by atoms with Gasteiger partial charge in [0.15, 0.2) is 6.10 Å². The highest BCUT2D eigenvalue weighted by molar-refractivity contribution is 6.30. The monoisotopic (exact) mass is 224 g/mol. The Hall–Kier alpha value is -1.62. The van der Waals surface area contributed by atoms with Crippen LogP contribution in [0.15, 0.2) is 24.3 Å². The minimum atomic E-state index is -0.245. The Morgan fingerprint density at radius 3 is 2.67 bits per heavy atom. The van der Waals surface area contributed by atoms with E-state index in [0.717, 1.165) is 5.75 Å². The molecule has 0 aliphatic rings. The van der Waals surface area contributed by atoms with Gasteiger partial charge in [0.05, 0.1) is 0 Å². The van der Waals surface area contributed by atoms with Crippen LogP contribution < -0.4 is 4.74 Å². The van der Waals surface area contributed by atoms with Crippen LogP contribution in [-0.4, -0.2) is 20.6 Å². The molecule has 78 valence electrons. The van der Waals surface area contributed by atoms with Crippen molar-refractivity contribution >= 4 is 11.6 Å². The van der Waals surface area contributed by atoms with E-state index in [1.54, 1.807) is 24.3 Å². The van der Waals surface area contributed by atoms with E-state index >= 15 is 0 Å². The number of aromatic amines is 1. The lowest BCUT2D eigenvalue weighted by Gasteiger charge is -2.10. The van der Waals surface area contributed by atoms with E-state index in [2.05, 4.69) is 20.6 Å². The number of tetrazole rings is 1. The van der Waals surface area contributed by atoms with Gasteiger partial charge in [0, 0.05) is 5.02 Å². The largest absolute Gasteiger partial charge is 0.483 e. The van der Waals surface area contributed by atoms with E-state index in [1.807, 2.05) is 6.92 Å². The van der Waals surface area contributed by atoms with E-state index < -0.39 is 0 Å². The lowest BCUT2D eigenvalue weighted by atomic mass is 10.3. The first-order chi connectivity index (χ1) is 7.25. The second-order valence-electron chi connectivity index (χ2n) is 2.98. The van der Waals surface area contributed by atoms with E-state index in [1.165, 1.54) is 0 Å². The second kappa shape index (κ2) is 4.27. The fourth-order valence-electron chi connectivity index (χ4n) is 1.11. The molecule has 2 rings (SSSR count). The predicted octanol–water partition coefficient (Wildman–Crippen LogP) is 1.99. The molecular formula is C9H9ClN4O. The molecule has 0 spiro atoms. The summed E-state index contributed by atoms with van der Waals surface area (Å²) in [5.74, 6) is 1.24. The molecule has 0 aliphatic heterocycles. The number of nitrogens with zero attached hydrogens (tertiary/aromatic N) is 3. The van der Waals surface area contributed by atoms with E-state index in [-0.39, 0.29) is 6.10 Å². The number of rotatable bonds is 3. The van der Waals surface area contributed by atoms with Gasteiger partial charge in [-0.2, -0.15) is 5.21 Å². The van der Waals surface area contributed by atoms with Crippen LogP contribution in [0.2, 0.25) is 5.02 Å². The van der Waals surface area contributed by atoms with E-state index in [9.17, 15) is 0 Å². The highest BCUT2D eigenvalue weighted by Gasteiger charge is 2.11. The van der Waals surface area contributed by atoms with Crippen molar-refractivity contribution in [3.05, 3.63) is 35.1 Å². The molecule has 1 aromatic carbocycles. The zero-order valence-electron chi connectivity index (χ0n) is 8.01. The molecule has 0 aliphatic carbocycles. The third kappa shape index (κ3) is 2.44. The van der Waals surface area contributed by atoms with Gasteiger partial charge in [-0.3, -0.25) is 0 Å². The Labute approximate surface area is 91.4 Å². The SMILES string of the molecule is C[C@H](Oc1ccc(Cl)cc1)c1nn[nH]n1. The van der Waals surface area contributed by atoms with Crippen LogP contribution >= 0.6 is 11.6 Å². The Balaban J connectivity index is 2.06. The van der Waals surface area contributed by atoms with E-state index in [0.29, 0.717) is 10.8 Å². The zero-order chi connectivity index (χ0) is 10.7. The average molecular weight is 225 g/mol. The maximum atomic E-state index is 5.75. The number of aromatic nitrogens is 4. The highest BCUT2D eigenvalue weighted by atomic mass is 35.5. The Bertz CT molecular complexity index is 414. The van der Waals surface area contributed by atoms with Crippen molar-refractivity contribution in [3.8, 4) is 5.75 Å². The normalized spacial score (nSPS) is 12.4. The van der Waals surface area contributed by atoms with Gasteiger partial charge >= 0.3 is 0 Å². The van der Waals surface area contributed by atoms with Gasteiger partial charge in [-0.1, -0.05) is 16.8 Å². The number of ether oxygens (including phenoxy) is 1. The van der Waals surface area contributed by atoms with E-state index in [4.69, 9.17) is 16.3 Å². The van der Waals surface area contributed by atoms with Gasteiger partial charge in [-0.25, -0.2) is 0 Å². The molecule has 0 fully saturated rings. The summed E-state index contributed by atoms with van der Waals surface area (Å²) in [5, 5.41) is 14.2. The van der Waals surface area contributed by atoms with Gasteiger partial charge < -0.3 is 4.74 Å². The molecule has 1 N–H and O–H groups in total. The first kappa shape index (κ1) is 9.92. The van der Waals surface area contributed by atoms with Crippen molar-refractivity contribution in [2.45, 2.75) is 13.0 Å². The summed E-state index contributed by atoms with van der Waals surface area (Å²) >= 11 is 5.75. The van der Waals surface area contributed by atoms with Crippen LogP contribution in [0.5, 0.6) is 5.75 Å². The Morgan fingerprint density at radius 2 is 2.07 bits per heavy atom. The van der Waals surface area contributed by atoms with Crippen molar-refractivity contribution in [3.63, 3.8) is 0 Å². The maximum absolute atomic E-state index is 5.75. The molecule has 0 saturated heterocycles. The lowest BCUT2D eigenvalue weighted by molar-refractivity contribution is 0.216. The van der Waals surface area contributed by atoms with Crippen molar-refractivity contribution in [1.29, 1.82) is 0 Å². The van der Waals surface area contributed by atoms with Gasteiger partial charge in [-0.05, 0) is 31.2 Å². The molecule has 1 atom stereocenters. The molecule has 0 amide bonds. The molecule has 5 nitrogen and oxygen atoms in total. The Morgan fingerprint density at radius 1 is 1.33 bits per heavy atom. The van der Waals surface area contributed by atoms with Crippen molar-refractivity contribution in [1.82, 2.24) is 20.6 Å². The number of halogens is 1. The summed E-state index contributed by atoms with van der Waals surface area (Å²) in [7, 11) is 0. The second-order valence-corrected chi connectivity index (χ2v) is 3.42. The smallest absolute Gasteiger partial charge is 0.214 e. The number of benzene rings is 1. The van der Waals surface area contributed by atoms with Crippen LogP contribution in [0.1, 0.15) is 18.9 Å². The fourth-order valence-corrected chi connectivity index (χ4v) is 1.24. The maximum Gasteiger partial charge on any atom is 0.214 e. The minimum absolute atomic E-state index is 0.245.